The molecule has 2 N–H and O–H groups in total. The lowest BCUT2D eigenvalue weighted by atomic mass is 10.1. The highest BCUT2D eigenvalue weighted by molar-refractivity contribution is 7.15. The van der Waals surface area contributed by atoms with Crippen LogP contribution in [0.5, 0.6) is 0 Å². The Labute approximate surface area is 126 Å². The van der Waals surface area contributed by atoms with Crippen LogP contribution in [0.4, 0.5) is 10.8 Å². The molecule has 0 aliphatic rings. The zero-order valence-electron chi connectivity index (χ0n) is 11.8. The van der Waals surface area contributed by atoms with Crippen molar-refractivity contribution in [2.24, 2.45) is 0 Å². The minimum atomic E-state index is -0.138. The highest BCUT2D eigenvalue weighted by Crippen LogP contribution is 2.16. The fourth-order valence-electron chi connectivity index (χ4n) is 1.71. The first kappa shape index (κ1) is 15.1. The van der Waals surface area contributed by atoms with Gasteiger partial charge in [-0.25, -0.2) is 0 Å². The molecule has 2 rings (SSSR count). The lowest BCUT2D eigenvalue weighted by Crippen LogP contribution is -2.14. The maximum Gasteiger partial charge on any atom is 0.230 e. The van der Waals surface area contributed by atoms with Gasteiger partial charge in [-0.05, 0) is 24.1 Å². The molecule has 0 radical (unpaired) electrons. The molecule has 0 aliphatic carbocycles. The molecular formula is C14H16N4O2S. The second-order valence-corrected chi connectivity index (χ2v) is 5.52. The van der Waals surface area contributed by atoms with E-state index < -0.39 is 0 Å². The molecule has 2 amide bonds. The molecule has 0 atom stereocenters. The van der Waals surface area contributed by atoms with Gasteiger partial charge in [0.1, 0.15) is 5.01 Å². The fraction of sp³-hybridized carbons (Fsp3) is 0.286. The Balaban J connectivity index is 1.91. The third kappa shape index (κ3) is 4.64. The lowest BCUT2D eigenvalue weighted by Gasteiger charge is -2.04. The van der Waals surface area contributed by atoms with E-state index in [0.717, 1.165) is 17.0 Å². The zero-order valence-corrected chi connectivity index (χ0v) is 12.7. The second kappa shape index (κ2) is 6.94. The summed E-state index contributed by atoms with van der Waals surface area (Å²) in [5.41, 5.74) is 1.57. The number of carbonyl (C=O) groups excluding carboxylic acids is 2. The van der Waals surface area contributed by atoms with Crippen LogP contribution in [0.25, 0.3) is 0 Å². The summed E-state index contributed by atoms with van der Waals surface area (Å²) in [5, 5.41) is 14.7. The number of nitrogens with zero attached hydrogens (tertiary/aromatic N) is 2. The summed E-state index contributed by atoms with van der Waals surface area (Å²) >= 11 is 1.38. The topological polar surface area (TPSA) is 84.0 Å². The average molecular weight is 304 g/mol. The molecule has 1 aromatic carbocycles. The van der Waals surface area contributed by atoms with Crippen LogP contribution in [0.2, 0.25) is 0 Å². The van der Waals surface area contributed by atoms with Gasteiger partial charge in [-0.1, -0.05) is 30.4 Å². The monoisotopic (exact) mass is 304 g/mol. The number of nitrogens with one attached hydrogen (secondary N) is 2. The van der Waals surface area contributed by atoms with E-state index in [0.29, 0.717) is 10.8 Å². The lowest BCUT2D eigenvalue weighted by molar-refractivity contribution is -0.116. The average Bonchev–Trinajstić information content (AvgIpc) is 2.88. The predicted molar refractivity (Wildman–Crippen MR) is 82.4 cm³/mol. The first-order valence-corrected chi connectivity index (χ1v) is 7.37. The van der Waals surface area contributed by atoms with Gasteiger partial charge in [-0.3, -0.25) is 9.59 Å². The number of anilines is 2. The third-order valence-corrected chi connectivity index (χ3v) is 3.64. The molecule has 0 saturated carbocycles. The smallest absolute Gasteiger partial charge is 0.230 e. The molecule has 6 nitrogen and oxygen atoms in total. The Kier molecular flexibility index (Phi) is 4.99. The minimum Gasteiger partial charge on any atom is -0.326 e. The zero-order chi connectivity index (χ0) is 15.2. The summed E-state index contributed by atoms with van der Waals surface area (Å²) in [7, 11) is 0. The molecule has 21 heavy (non-hydrogen) atoms. The first-order chi connectivity index (χ1) is 10.1. The summed E-state index contributed by atoms with van der Waals surface area (Å²) in [6, 6.07) is 7.15. The van der Waals surface area contributed by atoms with E-state index in [9.17, 15) is 9.59 Å². The molecule has 0 fully saturated rings. The van der Waals surface area contributed by atoms with Crippen LogP contribution in [-0.2, 0) is 22.4 Å². The van der Waals surface area contributed by atoms with E-state index in [1.54, 1.807) is 12.1 Å². The van der Waals surface area contributed by atoms with Gasteiger partial charge in [0, 0.05) is 12.6 Å². The molecule has 2 aromatic rings. The highest BCUT2D eigenvalue weighted by atomic mass is 32.1. The van der Waals surface area contributed by atoms with Crippen molar-refractivity contribution in [2.45, 2.75) is 26.7 Å². The van der Waals surface area contributed by atoms with Gasteiger partial charge in [0.2, 0.25) is 16.9 Å². The molecule has 0 saturated heterocycles. The number of amides is 2. The van der Waals surface area contributed by atoms with Gasteiger partial charge < -0.3 is 10.6 Å². The Morgan fingerprint density at radius 2 is 1.86 bits per heavy atom. The molecule has 0 aliphatic heterocycles. The normalized spacial score (nSPS) is 10.2. The molecule has 1 heterocycles. The van der Waals surface area contributed by atoms with Crippen LogP contribution in [0.1, 0.15) is 24.4 Å². The Morgan fingerprint density at radius 3 is 2.43 bits per heavy atom. The summed E-state index contributed by atoms with van der Waals surface area (Å²) in [6.45, 7) is 3.44. The highest BCUT2D eigenvalue weighted by Gasteiger charge is 2.08. The van der Waals surface area contributed by atoms with Crippen LogP contribution in [0.15, 0.2) is 24.3 Å². The van der Waals surface area contributed by atoms with Crippen molar-refractivity contribution in [1.29, 1.82) is 0 Å². The summed E-state index contributed by atoms with van der Waals surface area (Å²) < 4.78 is 0. The first-order valence-electron chi connectivity index (χ1n) is 6.55. The van der Waals surface area contributed by atoms with Gasteiger partial charge in [0.15, 0.2) is 0 Å². The van der Waals surface area contributed by atoms with Crippen molar-refractivity contribution in [3.63, 3.8) is 0 Å². The quantitative estimate of drug-likeness (QED) is 0.887. The van der Waals surface area contributed by atoms with Crippen molar-refractivity contribution < 1.29 is 9.59 Å². The van der Waals surface area contributed by atoms with Crippen LogP contribution < -0.4 is 10.6 Å². The largest absolute Gasteiger partial charge is 0.326 e. The van der Waals surface area contributed by atoms with Gasteiger partial charge in [0.05, 0.1) is 6.42 Å². The third-order valence-electron chi connectivity index (χ3n) is 2.65. The van der Waals surface area contributed by atoms with Crippen LogP contribution in [0.3, 0.4) is 0 Å². The van der Waals surface area contributed by atoms with Crippen molar-refractivity contribution in [3.05, 3.63) is 34.8 Å². The number of hydrogen-bond acceptors (Lipinski definition) is 5. The Morgan fingerprint density at radius 1 is 1.14 bits per heavy atom. The van der Waals surface area contributed by atoms with E-state index in [-0.39, 0.29) is 18.2 Å². The van der Waals surface area contributed by atoms with Crippen LogP contribution in [0, 0.1) is 0 Å². The van der Waals surface area contributed by atoms with Crippen LogP contribution in [-0.4, -0.2) is 22.0 Å². The number of rotatable bonds is 5. The van der Waals surface area contributed by atoms with Gasteiger partial charge in [-0.2, -0.15) is 0 Å². The maximum atomic E-state index is 11.9. The molecule has 1 aromatic heterocycles. The van der Waals surface area contributed by atoms with E-state index in [4.69, 9.17) is 0 Å². The molecular weight excluding hydrogens is 288 g/mol. The van der Waals surface area contributed by atoms with E-state index in [2.05, 4.69) is 20.8 Å². The van der Waals surface area contributed by atoms with Gasteiger partial charge >= 0.3 is 0 Å². The van der Waals surface area contributed by atoms with Crippen molar-refractivity contribution in [2.75, 3.05) is 10.6 Å². The van der Waals surface area contributed by atoms with E-state index >= 15 is 0 Å². The predicted octanol–water partition coefficient (Wildman–Crippen LogP) is 2.24. The molecule has 0 spiro atoms. The van der Waals surface area contributed by atoms with Crippen molar-refractivity contribution in [1.82, 2.24) is 10.2 Å². The molecule has 0 bridgehead atoms. The number of aryl methyl sites for hydroxylation is 1. The molecule has 0 unspecified atom stereocenters. The van der Waals surface area contributed by atoms with Crippen LogP contribution >= 0.6 is 11.3 Å². The van der Waals surface area contributed by atoms with Gasteiger partial charge in [0.25, 0.3) is 0 Å². The maximum absolute atomic E-state index is 11.9. The SMILES string of the molecule is CCc1nnc(NC(=O)Cc2ccc(NC(C)=O)cc2)s1. The number of benzene rings is 1. The Bertz CT molecular complexity index is 637. The summed E-state index contributed by atoms with van der Waals surface area (Å²) in [5.74, 6) is -0.260. The number of aromatic nitrogens is 2. The summed E-state index contributed by atoms with van der Waals surface area (Å²) in [6.07, 6.45) is 1.06. The number of hydrogen-bond donors (Lipinski definition) is 2. The number of carbonyl (C=O) groups is 2. The molecule has 7 heteroatoms. The minimum absolute atomic E-state index is 0.122. The van der Waals surface area contributed by atoms with Crippen molar-refractivity contribution in [3.8, 4) is 0 Å². The Hall–Kier alpha value is -2.28. The van der Waals surface area contributed by atoms with Gasteiger partial charge in [-0.15, -0.1) is 10.2 Å². The van der Waals surface area contributed by atoms with E-state index in [1.165, 1.54) is 18.3 Å². The van der Waals surface area contributed by atoms with Crippen molar-refractivity contribution >= 4 is 34.0 Å². The second-order valence-electron chi connectivity index (χ2n) is 4.46. The van der Waals surface area contributed by atoms with E-state index in [1.807, 2.05) is 19.1 Å². The standard InChI is InChI=1S/C14H16N4O2S/c1-3-13-17-18-14(21-13)16-12(20)8-10-4-6-11(7-5-10)15-9(2)19/h4-7H,3,8H2,1-2H3,(H,15,19)(H,16,18,20). The summed E-state index contributed by atoms with van der Waals surface area (Å²) in [4.78, 5) is 22.8. The molecule has 110 valence electrons. The fourth-order valence-corrected chi connectivity index (χ4v) is 2.40.